The molecule has 0 rings (SSSR count). The van der Waals surface area contributed by atoms with Crippen molar-refractivity contribution >= 4 is 0 Å². The molecule has 1 N–H and O–H groups in total. The van der Waals surface area contributed by atoms with Crippen molar-refractivity contribution in [2.45, 2.75) is 13.8 Å². The fourth-order valence-electron chi connectivity index (χ4n) is 0.229. The van der Waals surface area contributed by atoms with Crippen LogP contribution < -0.4 is 5.64 Å². The van der Waals surface area contributed by atoms with Crippen molar-refractivity contribution in [2.75, 3.05) is 13.1 Å². The van der Waals surface area contributed by atoms with Gasteiger partial charge < -0.3 is 10.4 Å². The number of rotatable bonds is 6. The normalized spacial score (nSPS) is 11.5. The summed E-state index contributed by atoms with van der Waals surface area (Å²) in [5.41, 5.74) is 1.71. The fraction of sp³-hybridized carbons (Fsp3) is 1.00. The zero-order valence-electron chi connectivity index (χ0n) is 6.44. The first kappa shape index (κ1) is 10.7. The van der Waals surface area contributed by atoms with E-state index < -0.39 is 0 Å². The highest BCUT2D eigenvalue weighted by molar-refractivity contribution is 4.32. The van der Waals surface area contributed by atoms with Crippen molar-refractivity contribution in [1.29, 1.82) is 0 Å². The lowest BCUT2D eigenvalue weighted by Gasteiger charge is -2.28. The van der Waals surface area contributed by atoms with E-state index in [9.17, 15) is 10.4 Å². The van der Waals surface area contributed by atoms with Gasteiger partial charge in [0.2, 0.25) is 0 Å². The lowest BCUT2D eigenvalue weighted by molar-refractivity contribution is -0.349. The Kier molecular flexibility index (Phi) is 6.27. The van der Waals surface area contributed by atoms with Crippen molar-refractivity contribution in [3.8, 4) is 0 Å². The average Bonchev–Trinajstić information content (AvgIpc) is 2.04. The first-order valence-corrected chi connectivity index (χ1v) is 3.19. The van der Waals surface area contributed by atoms with Gasteiger partial charge in [-0.25, -0.2) is 10.5 Å². The second kappa shape index (κ2) is 6.43. The van der Waals surface area contributed by atoms with Crippen molar-refractivity contribution < 1.29 is 9.88 Å². The van der Waals surface area contributed by atoms with Gasteiger partial charge in [0.05, 0.1) is 0 Å². The van der Waals surface area contributed by atoms with E-state index in [-0.39, 0.29) is 23.5 Å². The molecule has 7 heteroatoms. The topological polar surface area (TPSA) is 83.1 Å². The average molecular weight is 165 g/mol. The van der Waals surface area contributed by atoms with E-state index in [0.29, 0.717) is 0 Å². The highest BCUT2D eigenvalue weighted by Crippen LogP contribution is 1.84. The van der Waals surface area contributed by atoms with E-state index in [2.05, 4.69) is 9.88 Å². The Morgan fingerprint density at radius 1 is 1.09 bits per heavy atom. The number of hydrogen-bond donors (Lipinski definition) is 1. The molecule has 0 bridgehead atoms. The fourth-order valence-corrected chi connectivity index (χ4v) is 0.229. The molecule has 0 heterocycles. The first-order valence-electron chi connectivity index (χ1n) is 3.19. The maximum atomic E-state index is 10.3. The molecular formula is C4H11N3O4-2. The molecule has 11 heavy (non-hydrogen) atoms. The van der Waals surface area contributed by atoms with Gasteiger partial charge in [-0.2, -0.15) is 9.88 Å². The van der Waals surface area contributed by atoms with Crippen molar-refractivity contribution in [1.82, 2.24) is 16.1 Å². The molecule has 0 radical (unpaired) electrons. The second-order valence-corrected chi connectivity index (χ2v) is 1.56. The Morgan fingerprint density at radius 3 is 1.73 bits per heavy atom. The largest absolute Gasteiger partial charge is 0.761 e. The Bertz CT molecular complexity index is 83.4. The minimum absolute atomic E-state index is 0.140. The van der Waals surface area contributed by atoms with Crippen LogP contribution in [0.3, 0.4) is 0 Å². The van der Waals surface area contributed by atoms with Gasteiger partial charge in [0.15, 0.2) is 0 Å². The van der Waals surface area contributed by atoms with Crippen molar-refractivity contribution in [3.63, 3.8) is 0 Å². The molecule has 0 aromatic rings. The third-order valence-corrected chi connectivity index (χ3v) is 0.795. The highest BCUT2D eigenvalue weighted by atomic mass is 17.1. The van der Waals surface area contributed by atoms with Crippen LogP contribution in [0.25, 0.3) is 0 Å². The SMILES string of the molecule is CCN([O-])ONON([O-])CC. The third kappa shape index (κ3) is 6.13. The summed E-state index contributed by atoms with van der Waals surface area (Å²) in [6.45, 7) is 3.45. The molecule has 7 nitrogen and oxygen atoms in total. The molecule has 0 aliphatic heterocycles. The van der Waals surface area contributed by atoms with E-state index >= 15 is 0 Å². The van der Waals surface area contributed by atoms with Crippen LogP contribution in [0.4, 0.5) is 0 Å². The second-order valence-electron chi connectivity index (χ2n) is 1.56. The molecule has 0 fully saturated rings. The zero-order valence-corrected chi connectivity index (χ0v) is 6.44. The molecule has 68 valence electrons. The van der Waals surface area contributed by atoms with Gasteiger partial charge in [-0.15, -0.1) is 0 Å². The van der Waals surface area contributed by atoms with Crippen molar-refractivity contribution in [2.24, 2.45) is 0 Å². The van der Waals surface area contributed by atoms with Crippen LogP contribution in [0, 0.1) is 10.4 Å². The standard InChI is InChI=1S/C4H11N3O4/c1-3-6(8)10-5-11-7(9)4-2/h5H,3-4H2,1-2H3/q-2. The molecule has 0 saturated heterocycles. The van der Waals surface area contributed by atoms with E-state index in [4.69, 9.17) is 0 Å². The van der Waals surface area contributed by atoms with Crippen LogP contribution in [-0.2, 0) is 9.88 Å². The monoisotopic (exact) mass is 165 g/mol. The van der Waals surface area contributed by atoms with Crippen LogP contribution in [0.1, 0.15) is 13.8 Å². The smallest absolute Gasteiger partial charge is 0.00976 e. The predicted molar refractivity (Wildman–Crippen MR) is 36.8 cm³/mol. The Labute approximate surface area is 64.4 Å². The Morgan fingerprint density at radius 2 is 1.45 bits per heavy atom. The van der Waals surface area contributed by atoms with Gasteiger partial charge in [0, 0.05) is 13.1 Å². The van der Waals surface area contributed by atoms with E-state index in [0.717, 1.165) is 0 Å². The van der Waals surface area contributed by atoms with E-state index in [1.54, 1.807) is 19.5 Å². The molecule has 0 atom stereocenters. The summed E-state index contributed by atoms with van der Waals surface area (Å²) >= 11 is 0. The first-order chi connectivity index (χ1) is 5.20. The lowest BCUT2D eigenvalue weighted by Crippen LogP contribution is -2.32. The molecule has 0 aromatic carbocycles. The number of hydroxylamine groups is 4. The summed E-state index contributed by atoms with van der Waals surface area (Å²) in [6, 6.07) is 0. The summed E-state index contributed by atoms with van der Waals surface area (Å²) in [7, 11) is 0. The maximum Gasteiger partial charge on any atom is 0.00976 e. The number of hydrogen-bond acceptors (Lipinski definition) is 7. The Hall–Kier alpha value is -0.280. The number of nitrogens with one attached hydrogen (secondary N) is 1. The third-order valence-electron chi connectivity index (χ3n) is 0.795. The molecule has 0 unspecified atom stereocenters. The molecule has 0 aliphatic carbocycles. The zero-order chi connectivity index (χ0) is 8.69. The summed E-state index contributed by atoms with van der Waals surface area (Å²) < 4.78 is 0. The highest BCUT2D eigenvalue weighted by Gasteiger charge is 1.88. The molecule has 0 spiro atoms. The van der Waals surface area contributed by atoms with Crippen LogP contribution in [0.15, 0.2) is 0 Å². The van der Waals surface area contributed by atoms with Crippen LogP contribution in [0.5, 0.6) is 0 Å². The van der Waals surface area contributed by atoms with Gasteiger partial charge in [0.25, 0.3) is 0 Å². The summed E-state index contributed by atoms with van der Waals surface area (Å²) in [5, 5.41) is 21.1. The summed E-state index contributed by atoms with van der Waals surface area (Å²) in [6.07, 6.45) is 0. The van der Waals surface area contributed by atoms with Crippen LogP contribution >= 0.6 is 0 Å². The van der Waals surface area contributed by atoms with Crippen LogP contribution in [-0.4, -0.2) is 23.5 Å². The summed E-state index contributed by atoms with van der Waals surface area (Å²) in [4.78, 5) is 8.25. The molecule has 0 aliphatic rings. The summed E-state index contributed by atoms with van der Waals surface area (Å²) in [5.74, 6) is 0. The molecule has 0 aromatic heterocycles. The van der Waals surface area contributed by atoms with E-state index in [1.165, 1.54) is 0 Å². The Balaban J connectivity index is 3.13. The van der Waals surface area contributed by atoms with Gasteiger partial charge in [-0.1, -0.05) is 13.8 Å². The lowest BCUT2D eigenvalue weighted by atomic mass is 10.8. The quantitative estimate of drug-likeness (QED) is 0.550. The minimum Gasteiger partial charge on any atom is -0.761 e. The maximum absolute atomic E-state index is 10.3. The molecular weight excluding hydrogens is 154 g/mol. The molecule has 0 amide bonds. The van der Waals surface area contributed by atoms with Gasteiger partial charge in [-0.05, 0) is 5.64 Å². The molecule has 0 saturated carbocycles. The van der Waals surface area contributed by atoms with Crippen LogP contribution in [0.2, 0.25) is 0 Å². The van der Waals surface area contributed by atoms with Gasteiger partial charge >= 0.3 is 0 Å². The predicted octanol–water partition coefficient (Wildman–Crippen LogP) is -0.0914. The van der Waals surface area contributed by atoms with Gasteiger partial charge in [-0.3, -0.25) is 0 Å². The van der Waals surface area contributed by atoms with E-state index in [1.807, 2.05) is 0 Å². The minimum atomic E-state index is 0.140. The van der Waals surface area contributed by atoms with Crippen molar-refractivity contribution in [3.05, 3.63) is 10.4 Å². The van der Waals surface area contributed by atoms with Gasteiger partial charge in [0.1, 0.15) is 0 Å². The number of nitrogens with zero attached hydrogens (tertiary/aromatic N) is 2.